The van der Waals surface area contributed by atoms with Gasteiger partial charge in [-0.2, -0.15) is 0 Å². The summed E-state index contributed by atoms with van der Waals surface area (Å²) in [5, 5.41) is 4.14. The van der Waals surface area contributed by atoms with Crippen LogP contribution in [-0.2, 0) is 4.79 Å². The number of ether oxygens (including phenoxy) is 1. The largest absolute Gasteiger partial charge is 0.422 e. The lowest BCUT2D eigenvalue weighted by molar-refractivity contribution is -0.120. The lowest BCUT2D eigenvalue weighted by Gasteiger charge is -2.06. The van der Waals surface area contributed by atoms with Crippen molar-refractivity contribution in [3.05, 3.63) is 84.4 Å². The third-order valence-electron chi connectivity index (χ3n) is 5.30. The first-order valence-corrected chi connectivity index (χ1v) is 9.69. The molecule has 1 aromatic heterocycles. The molecule has 3 aromatic carbocycles. The van der Waals surface area contributed by atoms with Crippen molar-refractivity contribution in [1.82, 2.24) is 5.16 Å². The second kappa shape index (κ2) is 7.40. The van der Waals surface area contributed by atoms with Crippen LogP contribution in [0.25, 0.3) is 33.7 Å². The molecule has 1 aliphatic rings. The Hall–Kier alpha value is -3.66. The van der Waals surface area contributed by atoms with Crippen LogP contribution in [0.5, 0.6) is 5.75 Å². The van der Waals surface area contributed by atoms with Gasteiger partial charge in [-0.25, -0.2) is 0 Å². The van der Waals surface area contributed by atoms with Crippen molar-refractivity contribution in [1.29, 1.82) is 0 Å². The Bertz CT molecular complexity index is 1130. The zero-order chi connectivity index (χ0) is 19.6. The molecule has 0 aliphatic heterocycles. The number of benzene rings is 3. The van der Waals surface area contributed by atoms with Gasteiger partial charge in [0.1, 0.15) is 0 Å². The fraction of sp³-hybridized carbons (Fsp3) is 0.120. The number of carbonyl (C=O) groups excluding carboxylic acids is 1. The highest BCUT2D eigenvalue weighted by Gasteiger charge is 2.23. The Morgan fingerprint density at radius 1 is 0.793 bits per heavy atom. The molecule has 0 amide bonds. The Kier molecular flexibility index (Phi) is 4.45. The summed E-state index contributed by atoms with van der Waals surface area (Å²) in [5.41, 5.74) is 5.86. The van der Waals surface area contributed by atoms with E-state index in [9.17, 15) is 4.79 Å². The highest BCUT2D eigenvalue weighted by molar-refractivity contribution is 5.79. The molecule has 29 heavy (non-hydrogen) atoms. The second-order valence-corrected chi connectivity index (χ2v) is 7.24. The number of hydrogen-bond acceptors (Lipinski definition) is 4. The van der Waals surface area contributed by atoms with Crippen LogP contribution in [-0.4, -0.2) is 11.6 Å². The normalized spacial score (nSPS) is 13.2. The molecule has 1 aliphatic carbocycles. The van der Waals surface area contributed by atoms with Gasteiger partial charge in [-0.1, -0.05) is 84.0 Å². The van der Waals surface area contributed by atoms with Gasteiger partial charge in [-0.3, -0.25) is 4.79 Å². The van der Waals surface area contributed by atoms with Gasteiger partial charge in [0.15, 0.2) is 5.69 Å². The molecule has 1 fully saturated rings. The van der Waals surface area contributed by atoms with Crippen LogP contribution < -0.4 is 4.74 Å². The first kappa shape index (κ1) is 17.4. The predicted molar refractivity (Wildman–Crippen MR) is 111 cm³/mol. The molecule has 0 spiro atoms. The predicted octanol–water partition coefficient (Wildman–Crippen LogP) is 6.09. The molecular formula is C25H19NO3. The van der Waals surface area contributed by atoms with Crippen LogP contribution in [0.1, 0.15) is 24.3 Å². The maximum atomic E-state index is 11.1. The minimum Gasteiger partial charge on any atom is -0.422 e. The van der Waals surface area contributed by atoms with Gasteiger partial charge in [0.25, 0.3) is 6.47 Å². The number of aromatic nitrogens is 1. The van der Waals surface area contributed by atoms with Gasteiger partial charge in [0, 0.05) is 11.1 Å². The molecule has 4 nitrogen and oxygen atoms in total. The summed E-state index contributed by atoms with van der Waals surface area (Å²) >= 11 is 0. The minimum absolute atomic E-state index is 0.327. The molecule has 1 heterocycles. The number of nitrogens with zero attached hydrogens (tertiary/aromatic N) is 1. The maximum absolute atomic E-state index is 11.1. The van der Waals surface area contributed by atoms with Gasteiger partial charge in [0.05, 0.1) is 0 Å². The summed E-state index contributed by atoms with van der Waals surface area (Å²) in [6, 6.07) is 26.3. The van der Waals surface area contributed by atoms with E-state index < -0.39 is 0 Å². The van der Waals surface area contributed by atoms with Crippen molar-refractivity contribution in [3.63, 3.8) is 0 Å². The smallest absolute Gasteiger partial charge is 0.298 e. The SMILES string of the molecule is O=COc1c(-c2ccccc2)noc1-c1ccc(-c2ccc(C3CC3)cc2)cc1. The van der Waals surface area contributed by atoms with Crippen molar-refractivity contribution in [3.8, 4) is 39.5 Å². The Morgan fingerprint density at radius 2 is 1.41 bits per heavy atom. The summed E-state index contributed by atoms with van der Waals surface area (Å²) in [6.07, 6.45) is 2.61. The van der Waals surface area contributed by atoms with E-state index in [4.69, 9.17) is 9.26 Å². The minimum atomic E-state index is 0.327. The van der Waals surface area contributed by atoms with Crippen LogP contribution in [0.3, 0.4) is 0 Å². The molecule has 0 radical (unpaired) electrons. The van der Waals surface area contributed by atoms with E-state index in [2.05, 4.69) is 29.4 Å². The van der Waals surface area contributed by atoms with Crippen molar-refractivity contribution in [2.24, 2.45) is 0 Å². The average Bonchev–Trinajstić information content (AvgIpc) is 3.55. The Morgan fingerprint density at radius 3 is 2.03 bits per heavy atom. The highest BCUT2D eigenvalue weighted by atomic mass is 16.5. The van der Waals surface area contributed by atoms with E-state index in [1.165, 1.54) is 24.0 Å². The van der Waals surface area contributed by atoms with Gasteiger partial charge in [-0.15, -0.1) is 0 Å². The van der Waals surface area contributed by atoms with E-state index >= 15 is 0 Å². The third kappa shape index (κ3) is 3.45. The van der Waals surface area contributed by atoms with Crippen molar-refractivity contribution in [2.45, 2.75) is 18.8 Å². The molecule has 0 saturated heterocycles. The lowest BCUT2D eigenvalue weighted by Crippen LogP contribution is -1.91. The topological polar surface area (TPSA) is 52.3 Å². The first-order valence-electron chi connectivity index (χ1n) is 9.69. The van der Waals surface area contributed by atoms with Gasteiger partial charge in [-0.05, 0) is 35.4 Å². The van der Waals surface area contributed by atoms with Gasteiger partial charge in [0.2, 0.25) is 11.5 Å². The van der Waals surface area contributed by atoms with Crippen LogP contribution in [0.15, 0.2) is 83.4 Å². The molecule has 4 heteroatoms. The van der Waals surface area contributed by atoms with Gasteiger partial charge < -0.3 is 9.26 Å². The van der Waals surface area contributed by atoms with E-state index in [0.717, 1.165) is 22.6 Å². The molecule has 1 saturated carbocycles. The van der Waals surface area contributed by atoms with Crippen molar-refractivity contribution in [2.75, 3.05) is 0 Å². The summed E-state index contributed by atoms with van der Waals surface area (Å²) < 4.78 is 10.8. The Balaban J connectivity index is 1.46. The molecule has 0 N–H and O–H groups in total. The molecular weight excluding hydrogens is 362 g/mol. The number of carbonyl (C=O) groups is 1. The molecule has 5 rings (SSSR count). The molecule has 0 unspecified atom stereocenters. The summed E-state index contributed by atoms with van der Waals surface area (Å²) in [7, 11) is 0. The molecule has 0 atom stereocenters. The number of hydrogen-bond donors (Lipinski definition) is 0. The zero-order valence-electron chi connectivity index (χ0n) is 15.7. The fourth-order valence-electron chi connectivity index (χ4n) is 3.58. The third-order valence-corrected chi connectivity index (χ3v) is 5.30. The average molecular weight is 381 g/mol. The standard InChI is InChI=1S/C25H19NO3/c27-16-28-25-23(21-4-2-1-3-5-21)26-29-24(25)22-14-12-20(13-15-22)19-10-8-18(9-11-19)17-6-7-17/h1-5,8-17H,6-7H2. The zero-order valence-corrected chi connectivity index (χ0v) is 15.7. The quantitative estimate of drug-likeness (QED) is 0.379. The molecule has 0 bridgehead atoms. The van der Waals surface area contributed by atoms with E-state index in [0.29, 0.717) is 23.7 Å². The van der Waals surface area contributed by atoms with E-state index in [1.807, 2.05) is 54.6 Å². The Labute approximate surface area is 168 Å². The molecule has 4 aromatic rings. The monoisotopic (exact) mass is 381 g/mol. The summed E-state index contributed by atoms with van der Waals surface area (Å²) in [6.45, 7) is 0.401. The van der Waals surface area contributed by atoms with Crippen LogP contribution in [0.4, 0.5) is 0 Å². The van der Waals surface area contributed by atoms with Crippen LogP contribution in [0, 0.1) is 0 Å². The summed E-state index contributed by atoms with van der Waals surface area (Å²) in [4.78, 5) is 11.1. The van der Waals surface area contributed by atoms with Crippen molar-refractivity contribution < 1.29 is 14.1 Å². The van der Waals surface area contributed by atoms with Gasteiger partial charge >= 0.3 is 0 Å². The molecule has 142 valence electrons. The summed E-state index contributed by atoms with van der Waals surface area (Å²) in [5.74, 6) is 1.52. The lowest BCUT2D eigenvalue weighted by atomic mass is 10.0. The fourth-order valence-corrected chi connectivity index (χ4v) is 3.58. The van der Waals surface area contributed by atoms with Crippen LogP contribution >= 0.6 is 0 Å². The second-order valence-electron chi connectivity index (χ2n) is 7.24. The number of rotatable bonds is 6. The highest BCUT2D eigenvalue weighted by Crippen LogP contribution is 2.41. The van der Waals surface area contributed by atoms with Crippen molar-refractivity contribution >= 4 is 6.47 Å². The first-order chi connectivity index (χ1) is 14.3. The van der Waals surface area contributed by atoms with E-state index in [-0.39, 0.29) is 0 Å². The maximum Gasteiger partial charge on any atom is 0.298 e. The van der Waals surface area contributed by atoms with E-state index in [1.54, 1.807) is 0 Å². The van der Waals surface area contributed by atoms with Crippen LogP contribution in [0.2, 0.25) is 0 Å².